The highest BCUT2D eigenvalue weighted by atomic mass is 19.4. The summed E-state index contributed by atoms with van der Waals surface area (Å²) in [6, 6.07) is 9.72. The van der Waals surface area contributed by atoms with Crippen molar-refractivity contribution in [3.05, 3.63) is 71.0 Å². The van der Waals surface area contributed by atoms with Gasteiger partial charge in [-0.1, -0.05) is 31.2 Å². The standard InChI is InChI=1S/C16H14F4O/c1-2-15(21,12-6-4-8-14(17)10-12)11-5-3-7-13(9-11)16(18,19)20/h3-10,21H,2H2,1H3. The number of benzene rings is 2. The minimum atomic E-state index is -4.49. The van der Waals surface area contributed by atoms with Crippen molar-refractivity contribution in [2.24, 2.45) is 0 Å². The quantitative estimate of drug-likeness (QED) is 0.828. The maximum atomic E-state index is 13.3. The zero-order valence-corrected chi connectivity index (χ0v) is 11.3. The first-order valence-electron chi connectivity index (χ1n) is 6.43. The third-order valence-electron chi connectivity index (χ3n) is 3.48. The Morgan fingerprint density at radius 1 is 0.905 bits per heavy atom. The normalized spacial score (nSPS) is 14.8. The summed E-state index contributed by atoms with van der Waals surface area (Å²) in [5.74, 6) is -0.550. The second-order valence-corrected chi connectivity index (χ2v) is 4.80. The van der Waals surface area contributed by atoms with Crippen molar-refractivity contribution < 1.29 is 22.7 Å². The number of halogens is 4. The Morgan fingerprint density at radius 2 is 1.43 bits per heavy atom. The Labute approximate surface area is 119 Å². The molecule has 2 aromatic rings. The summed E-state index contributed by atoms with van der Waals surface area (Å²) < 4.78 is 51.7. The van der Waals surface area contributed by atoms with E-state index in [0.717, 1.165) is 18.2 Å². The molecule has 2 rings (SSSR count). The molecule has 0 saturated carbocycles. The van der Waals surface area contributed by atoms with Crippen molar-refractivity contribution in [2.45, 2.75) is 25.1 Å². The van der Waals surface area contributed by atoms with Crippen LogP contribution in [0.4, 0.5) is 17.6 Å². The Morgan fingerprint density at radius 3 is 1.95 bits per heavy atom. The Kier molecular flexibility index (Phi) is 4.05. The second kappa shape index (κ2) is 5.48. The van der Waals surface area contributed by atoms with Gasteiger partial charge < -0.3 is 5.11 Å². The molecule has 0 radical (unpaired) electrons. The lowest BCUT2D eigenvalue weighted by Crippen LogP contribution is -2.27. The highest BCUT2D eigenvalue weighted by Crippen LogP contribution is 2.36. The smallest absolute Gasteiger partial charge is 0.380 e. The maximum Gasteiger partial charge on any atom is 0.416 e. The lowest BCUT2D eigenvalue weighted by atomic mass is 9.83. The molecule has 0 heterocycles. The fraction of sp³-hybridized carbons (Fsp3) is 0.250. The molecule has 0 aromatic heterocycles. The predicted molar refractivity (Wildman–Crippen MR) is 71.1 cm³/mol. The molecule has 1 unspecified atom stereocenters. The van der Waals surface area contributed by atoms with Crippen LogP contribution in [-0.4, -0.2) is 5.11 Å². The summed E-state index contributed by atoms with van der Waals surface area (Å²) in [6.07, 6.45) is -4.37. The van der Waals surface area contributed by atoms with E-state index in [0.29, 0.717) is 0 Å². The minimum absolute atomic E-state index is 0.0884. The lowest BCUT2D eigenvalue weighted by Gasteiger charge is -2.28. The number of hydrogen-bond donors (Lipinski definition) is 1. The molecule has 0 spiro atoms. The summed E-state index contributed by atoms with van der Waals surface area (Å²) >= 11 is 0. The Hall–Kier alpha value is -1.88. The van der Waals surface area contributed by atoms with Gasteiger partial charge in [-0.15, -0.1) is 0 Å². The molecule has 0 aliphatic rings. The number of aliphatic hydroxyl groups is 1. The third-order valence-corrected chi connectivity index (χ3v) is 3.48. The highest BCUT2D eigenvalue weighted by Gasteiger charge is 2.35. The van der Waals surface area contributed by atoms with Gasteiger partial charge in [0, 0.05) is 0 Å². The molecule has 1 N–H and O–H groups in total. The van der Waals surface area contributed by atoms with Gasteiger partial charge in [-0.05, 0) is 41.8 Å². The third kappa shape index (κ3) is 3.08. The van der Waals surface area contributed by atoms with Crippen LogP contribution in [0.5, 0.6) is 0 Å². The zero-order chi connectivity index (χ0) is 15.7. The van der Waals surface area contributed by atoms with Crippen molar-refractivity contribution in [3.8, 4) is 0 Å². The Balaban J connectivity index is 2.55. The van der Waals surface area contributed by atoms with E-state index >= 15 is 0 Å². The van der Waals surface area contributed by atoms with Gasteiger partial charge in [-0.3, -0.25) is 0 Å². The molecule has 5 heteroatoms. The van der Waals surface area contributed by atoms with Crippen molar-refractivity contribution in [1.82, 2.24) is 0 Å². The molecule has 1 atom stereocenters. The second-order valence-electron chi connectivity index (χ2n) is 4.80. The molecule has 0 amide bonds. The highest BCUT2D eigenvalue weighted by molar-refractivity contribution is 5.38. The van der Waals surface area contributed by atoms with Gasteiger partial charge >= 0.3 is 6.18 Å². The molecule has 0 bridgehead atoms. The van der Waals surface area contributed by atoms with Gasteiger partial charge in [-0.25, -0.2) is 4.39 Å². The van der Waals surface area contributed by atoms with Crippen LogP contribution in [0.2, 0.25) is 0 Å². The van der Waals surface area contributed by atoms with E-state index in [9.17, 15) is 22.7 Å². The van der Waals surface area contributed by atoms with Crippen LogP contribution >= 0.6 is 0 Å². The molecule has 0 fully saturated rings. The van der Waals surface area contributed by atoms with E-state index in [2.05, 4.69) is 0 Å². The average molecular weight is 298 g/mol. The molecular weight excluding hydrogens is 284 g/mol. The molecule has 2 aromatic carbocycles. The number of alkyl halides is 3. The molecule has 0 aliphatic carbocycles. The first-order chi connectivity index (χ1) is 9.77. The number of hydrogen-bond acceptors (Lipinski definition) is 1. The van der Waals surface area contributed by atoms with Crippen LogP contribution in [-0.2, 0) is 11.8 Å². The van der Waals surface area contributed by atoms with E-state index in [1.54, 1.807) is 6.92 Å². The van der Waals surface area contributed by atoms with Crippen LogP contribution in [0, 0.1) is 5.82 Å². The summed E-state index contributed by atoms with van der Waals surface area (Å²) in [6.45, 7) is 1.63. The number of rotatable bonds is 3. The van der Waals surface area contributed by atoms with E-state index in [1.807, 2.05) is 0 Å². The first-order valence-corrected chi connectivity index (χ1v) is 6.43. The maximum absolute atomic E-state index is 13.3. The van der Waals surface area contributed by atoms with Crippen LogP contribution in [0.25, 0.3) is 0 Å². The van der Waals surface area contributed by atoms with Gasteiger partial charge in [0.1, 0.15) is 11.4 Å². The van der Waals surface area contributed by atoms with Crippen molar-refractivity contribution in [3.63, 3.8) is 0 Å². The SMILES string of the molecule is CCC(O)(c1cccc(F)c1)c1cccc(C(F)(F)F)c1. The molecule has 0 saturated heterocycles. The Bertz CT molecular complexity index is 636. The minimum Gasteiger partial charge on any atom is -0.380 e. The van der Waals surface area contributed by atoms with Crippen molar-refractivity contribution in [2.75, 3.05) is 0 Å². The molecular formula is C16H14F4O. The van der Waals surface area contributed by atoms with E-state index in [4.69, 9.17) is 0 Å². The topological polar surface area (TPSA) is 20.2 Å². The zero-order valence-electron chi connectivity index (χ0n) is 11.3. The van der Waals surface area contributed by atoms with Gasteiger partial charge in [0.2, 0.25) is 0 Å². The first kappa shape index (κ1) is 15.5. The van der Waals surface area contributed by atoms with Crippen LogP contribution in [0.1, 0.15) is 30.0 Å². The monoisotopic (exact) mass is 298 g/mol. The van der Waals surface area contributed by atoms with Crippen molar-refractivity contribution >= 4 is 0 Å². The lowest BCUT2D eigenvalue weighted by molar-refractivity contribution is -0.137. The van der Waals surface area contributed by atoms with Gasteiger partial charge in [-0.2, -0.15) is 13.2 Å². The average Bonchev–Trinajstić information content (AvgIpc) is 2.45. The van der Waals surface area contributed by atoms with Gasteiger partial charge in [0.25, 0.3) is 0 Å². The fourth-order valence-corrected chi connectivity index (χ4v) is 2.27. The molecule has 1 nitrogen and oxygen atoms in total. The summed E-state index contributed by atoms with van der Waals surface area (Å²) in [5.41, 5.74) is -2.19. The summed E-state index contributed by atoms with van der Waals surface area (Å²) in [4.78, 5) is 0. The van der Waals surface area contributed by atoms with Crippen LogP contribution < -0.4 is 0 Å². The largest absolute Gasteiger partial charge is 0.416 e. The molecule has 112 valence electrons. The fourth-order valence-electron chi connectivity index (χ4n) is 2.27. The van der Waals surface area contributed by atoms with Crippen LogP contribution in [0.3, 0.4) is 0 Å². The molecule has 21 heavy (non-hydrogen) atoms. The van der Waals surface area contributed by atoms with E-state index in [-0.39, 0.29) is 17.5 Å². The van der Waals surface area contributed by atoms with E-state index in [1.165, 1.54) is 30.3 Å². The summed E-state index contributed by atoms with van der Waals surface area (Å²) in [7, 11) is 0. The van der Waals surface area contributed by atoms with Gasteiger partial charge in [0.15, 0.2) is 0 Å². The molecule has 0 aliphatic heterocycles. The predicted octanol–water partition coefficient (Wildman–Crippen LogP) is 4.49. The van der Waals surface area contributed by atoms with E-state index < -0.39 is 23.2 Å². The summed E-state index contributed by atoms with van der Waals surface area (Å²) in [5, 5.41) is 10.7. The van der Waals surface area contributed by atoms with Crippen molar-refractivity contribution in [1.29, 1.82) is 0 Å². The van der Waals surface area contributed by atoms with Crippen LogP contribution in [0.15, 0.2) is 48.5 Å². The van der Waals surface area contributed by atoms with Gasteiger partial charge in [0.05, 0.1) is 5.56 Å².